The topological polar surface area (TPSA) is 114 Å². The molecule has 2 N–H and O–H groups in total. The third-order valence-corrected chi connectivity index (χ3v) is 6.93. The molecule has 144 valence electrons. The molecule has 0 aromatic carbocycles. The van der Waals surface area contributed by atoms with Crippen LogP contribution >= 0.6 is 0 Å². The van der Waals surface area contributed by atoms with Crippen LogP contribution < -0.4 is 0 Å². The van der Waals surface area contributed by atoms with Crippen LogP contribution in [0.15, 0.2) is 34.7 Å². The van der Waals surface area contributed by atoms with Gasteiger partial charge in [-0.05, 0) is 44.4 Å². The first-order valence-electron chi connectivity index (χ1n) is 9.08. The van der Waals surface area contributed by atoms with E-state index < -0.39 is 46.2 Å². The molecule has 2 fully saturated rings. The highest BCUT2D eigenvalue weighted by molar-refractivity contribution is 6.03. The van der Waals surface area contributed by atoms with E-state index in [0.29, 0.717) is 17.6 Å². The third-order valence-electron chi connectivity index (χ3n) is 6.93. The number of esters is 1. The summed E-state index contributed by atoms with van der Waals surface area (Å²) in [5.41, 5.74) is -3.69. The average molecular weight is 374 g/mol. The van der Waals surface area contributed by atoms with Crippen LogP contribution in [0.2, 0.25) is 0 Å². The molecule has 0 amide bonds. The highest BCUT2D eigenvalue weighted by Gasteiger charge is 2.74. The van der Waals surface area contributed by atoms with Gasteiger partial charge in [0.25, 0.3) is 0 Å². The molecule has 27 heavy (non-hydrogen) atoms. The summed E-state index contributed by atoms with van der Waals surface area (Å²) < 4.78 is 10.7. The lowest BCUT2D eigenvalue weighted by Crippen LogP contribution is -2.70. The zero-order valence-corrected chi connectivity index (χ0v) is 15.2. The normalized spacial score (nSPS) is 41.2. The highest BCUT2D eigenvalue weighted by Crippen LogP contribution is 2.64. The van der Waals surface area contributed by atoms with Gasteiger partial charge in [0.05, 0.1) is 23.9 Å². The molecule has 5 atom stereocenters. The minimum absolute atomic E-state index is 0.0556. The summed E-state index contributed by atoms with van der Waals surface area (Å²) in [7, 11) is 0. The van der Waals surface area contributed by atoms with E-state index in [1.165, 1.54) is 25.5 Å². The number of rotatable bonds is 2. The van der Waals surface area contributed by atoms with Crippen LogP contribution in [0.5, 0.6) is 0 Å². The van der Waals surface area contributed by atoms with Gasteiger partial charge in [-0.1, -0.05) is 6.42 Å². The molecule has 0 radical (unpaired) electrons. The summed E-state index contributed by atoms with van der Waals surface area (Å²) in [5.74, 6) is -3.44. The fourth-order valence-corrected chi connectivity index (χ4v) is 5.49. The summed E-state index contributed by atoms with van der Waals surface area (Å²) in [6.07, 6.45) is 4.44. The fourth-order valence-electron chi connectivity index (χ4n) is 5.49. The van der Waals surface area contributed by atoms with Crippen molar-refractivity contribution in [2.24, 2.45) is 16.7 Å². The Morgan fingerprint density at radius 2 is 2.04 bits per heavy atom. The molecule has 7 nitrogen and oxygen atoms in total. The fraction of sp³-hybridized carbons (Fsp3) is 0.550. The molecule has 1 aliphatic heterocycles. The summed E-state index contributed by atoms with van der Waals surface area (Å²) in [4.78, 5) is 38.3. The van der Waals surface area contributed by atoms with Gasteiger partial charge in [-0.25, -0.2) is 0 Å². The average Bonchev–Trinajstić information content (AvgIpc) is 3.12. The van der Waals surface area contributed by atoms with Gasteiger partial charge in [0.2, 0.25) is 0 Å². The zero-order chi connectivity index (χ0) is 19.6. The minimum atomic E-state index is -1.65. The van der Waals surface area contributed by atoms with E-state index in [9.17, 15) is 24.6 Å². The Bertz CT molecular complexity index is 854. The monoisotopic (exact) mass is 374 g/mol. The number of carbonyl (C=O) groups is 3. The molecule has 3 aliphatic rings. The summed E-state index contributed by atoms with van der Waals surface area (Å²) in [6, 6.07) is 1.66. The molecule has 1 spiro atoms. The summed E-state index contributed by atoms with van der Waals surface area (Å²) >= 11 is 0. The Kier molecular flexibility index (Phi) is 3.69. The van der Waals surface area contributed by atoms with Crippen LogP contribution in [0.1, 0.15) is 51.2 Å². The number of carbonyl (C=O) groups excluding carboxylic acids is 2. The van der Waals surface area contributed by atoms with Gasteiger partial charge in [-0.3, -0.25) is 14.4 Å². The number of cyclic esters (lactones) is 1. The molecule has 1 aromatic rings. The molecule has 4 rings (SSSR count). The Hall–Kier alpha value is -2.41. The van der Waals surface area contributed by atoms with E-state index in [1.54, 1.807) is 13.0 Å². The smallest absolute Gasteiger partial charge is 0.316 e. The molecule has 1 saturated heterocycles. The number of aliphatic carboxylic acids is 1. The van der Waals surface area contributed by atoms with Crippen molar-refractivity contribution in [1.82, 2.24) is 0 Å². The molecule has 2 aliphatic carbocycles. The van der Waals surface area contributed by atoms with Crippen molar-refractivity contribution in [2.75, 3.05) is 0 Å². The van der Waals surface area contributed by atoms with Crippen LogP contribution in [0.4, 0.5) is 0 Å². The van der Waals surface area contributed by atoms with Crippen LogP contribution in [-0.2, 0) is 19.1 Å². The minimum Gasteiger partial charge on any atom is -0.481 e. The van der Waals surface area contributed by atoms with E-state index in [2.05, 4.69) is 0 Å². The van der Waals surface area contributed by atoms with E-state index in [4.69, 9.17) is 9.15 Å². The second-order valence-electron chi connectivity index (χ2n) is 8.23. The molecule has 1 aromatic heterocycles. The van der Waals surface area contributed by atoms with Crippen LogP contribution in [0, 0.1) is 16.7 Å². The quantitative estimate of drug-likeness (QED) is 0.764. The predicted molar refractivity (Wildman–Crippen MR) is 91.4 cm³/mol. The molecular formula is C20H22O7. The van der Waals surface area contributed by atoms with Crippen molar-refractivity contribution in [1.29, 1.82) is 0 Å². The maximum Gasteiger partial charge on any atom is 0.316 e. The number of allylic oxidation sites excluding steroid dienone is 1. The number of ketones is 1. The maximum atomic E-state index is 13.3. The number of hydrogen-bond acceptors (Lipinski definition) is 6. The number of ether oxygens (including phenoxy) is 1. The maximum absolute atomic E-state index is 13.3. The van der Waals surface area contributed by atoms with E-state index in [1.807, 2.05) is 0 Å². The lowest BCUT2D eigenvalue weighted by molar-refractivity contribution is -0.231. The van der Waals surface area contributed by atoms with Gasteiger partial charge in [-0.15, -0.1) is 0 Å². The number of hydrogen-bond donors (Lipinski definition) is 2. The van der Waals surface area contributed by atoms with Crippen molar-refractivity contribution >= 4 is 17.7 Å². The van der Waals surface area contributed by atoms with Gasteiger partial charge in [0.1, 0.15) is 17.1 Å². The van der Waals surface area contributed by atoms with Gasteiger partial charge in [0.15, 0.2) is 5.78 Å². The molecule has 0 bridgehead atoms. The molecule has 1 unspecified atom stereocenters. The van der Waals surface area contributed by atoms with E-state index in [-0.39, 0.29) is 19.3 Å². The van der Waals surface area contributed by atoms with Crippen molar-refractivity contribution < 1.29 is 33.8 Å². The summed E-state index contributed by atoms with van der Waals surface area (Å²) in [6.45, 7) is 3.11. The Morgan fingerprint density at radius 1 is 1.30 bits per heavy atom. The molecular weight excluding hydrogens is 352 g/mol. The second kappa shape index (κ2) is 5.55. The first kappa shape index (κ1) is 18.0. The number of aliphatic hydroxyl groups is 1. The number of carboxylic acids is 1. The first-order chi connectivity index (χ1) is 12.7. The van der Waals surface area contributed by atoms with Crippen LogP contribution in [0.3, 0.4) is 0 Å². The van der Waals surface area contributed by atoms with Crippen molar-refractivity contribution in [2.45, 2.75) is 51.2 Å². The van der Waals surface area contributed by atoms with Gasteiger partial charge >= 0.3 is 11.9 Å². The Labute approximate surface area is 156 Å². The largest absolute Gasteiger partial charge is 0.481 e. The van der Waals surface area contributed by atoms with Crippen molar-refractivity contribution in [3.63, 3.8) is 0 Å². The lowest BCUT2D eigenvalue weighted by Gasteiger charge is -2.60. The number of carboxylic acid groups (broad SMARTS) is 1. The van der Waals surface area contributed by atoms with Gasteiger partial charge in [-0.2, -0.15) is 0 Å². The van der Waals surface area contributed by atoms with Crippen LogP contribution in [-0.4, -0.2) is 33.5 Å². The van der Waals surface area contributed by atoms with Gasteiger partial charge < -0.3 is 19.4 Å². The number of furan rings is 1. The zero-order valence-electron chi connectivity index (χ0n) is 15.2. The first-order valence-corrected chi connectivity index (χ1v) is 9.08. The third kappa shape index (κ3) is 2.09. The van der Waals surface area contributed by atoms with Crippen molar-refractivity contribution in [3.8, 4) is 0 Å². The highest BCUT2D eigenvalue weighted by atomic mass is 16.6. The van der Waals surface area contributed by atoms with E-state index >= 15 is 0 Å². The molecule has 2 heterocycles. The molecule has 1 saturated carbocycles. The lowest BCUT2D eigenvalue weighted by atomic mass is 9.44. The Balaban J connectivity index is 1.91. The van der Waals surface area contributed by atoms with Gasteiger partial charge in [0, 0.05) is 12.0 Å². The molecule has 7 heteroatoms. The van der Waals surface area contributed by atoms with Crippen LogP contribution in [0.25, 0.3) is 0 Å². The second-order valence-corrected chi connectivity index (χ2v) is 8.23. The summed E-state index contributed by atoms with van der Waals surface area (Å²) in [5, 5.41) is 21.6. The standard InChI is InChI=1S/C20H22O7/c1-11-8-13(21)15-18(2,16(22)23)5-3-6-19(15)17(24)27-14(9-20(11,19)25)12-4-7-26-10-12/h4,7-8,10,14-15,25H,3,5-6,9H2,1-2H3,(H,22,23)/t14-,15?,18-,19+,20-/m1/s1. The van der Waals surface area contributed by atoms with Crippen molar-refractivity contribution in [3.05, 3.63) is 35.8 Å². The SMILES string of the molecule is CC1=CC(=O)C2[C@](C)(C(=O)O)CCC[C@@]23C(=O)O[C@@H](c2ccoc2)C[C@@]13O. The van der Waals surface area contributed by atoms with E-state index in [0.717, 1.165) is 0 Å². The predicted octanol–water partition coefficient (Wildman–Crippen LogP) is 2.41. The Morgan fingerprint density at radius 3 is 2.67 bits per heavy atom.